The van der Waals surface area contributed by atoms with Crippen LogP contribution in [0.1, 0.15) is 0 Å². The van der Waals surface area contributed by atoms with Crippen molar-refractivity contribution in [2.75, 3.05) is 0 Å². The first-order valence-corrected chi connectivity index (χ1v) is 0.632. The molecule has 0 saturated carbocycles. The van der Waals surface area contributed by atoms with Crippen LogP contribution in [0.25, 0.3) is 0 Å². The average molecular weight is 162 g/mol. The van der Waals surface area contributed by atoms with Gasteiger partial charge in [0, 0.05) is 0 Å². The minimum absolute atomic E-state index is 0. The fraction of sp³-hybridized carbons (Fsp3) is 0. The molecule has 0 radical (unpaired) electrons. The molecule has 0 aromatic heterocycles. The van der Waals surface area contributed by atoms with Crippen molar-refractivity contribution in [3.63, 3.8) is 0 Å². The van der Waals surface area contributed by atoms with Crippen molar-refractivity contribution in [2.45, 2.75) is 0 Å². The molecule has 32 valence electrons. The van der Waals surface area contributed by atoms with Crippen LogP contribution in [-0.2, 0) is 19.5 Å². The summed E-state index contributed by atoms with van der Waals surface area (Å²) >= 11 is 0. The third-order valence-electron chi connectivity index (χ3n) is 0. The van der Waals surface area contributed by atoms with Gasteiger partial charge >= 0.3 is 19.5 Å². The Bertz CT molecular complexity index is 33.8. The van der Waals surface area contributed by atoms with E-state index in [-0.39, 0.29) is 31.9 Å². The SMILES string of the molecule is O=C([O-])O.[Cl-].[Zn+2]. The summed E-state index contributed by atoms with van der Waals surface area (Å²) in [7, 11) is 0. The van der Waals surface area contributed by atoms with Crippen LogP contribution >= 0.6 is 0 Å². The zero-order chi connectivity index (χ0) is 3.58. The predicted molar refractivity (Wildman–Crippen MR) is 8.02 cm³/mol. The summed E-state index contributed by atoms with van der Waals surface area (Å²) in [4.78, 5) is 8.44. The molecular formula is CHClO3Zn. The Morgan fingerprint density at radius 2 is 1.67 bits per heavy atom. The van der Waals surface area contributed by atoms with Gasteiger partial charge in [0.05, 0.1) is 0 Å². The average Bonchev–Trinajstić information content (AvgIpc) is 0.811. The molecule has 0 spiro atoms. The first kappa shape index (κ1) is 16.4. The van der Waals surface area contributed by atoms with Gasteiger partial charge in [-0.2, -0.15) is 0 Å². The molecular weight excluding hydrogens is 161 g/mol. The van der Waals surface area contributed by atoms with Gasteiger partial charge in [0.1, 0.15) is 0 Å². The fourth-order valence-corrected chi connectivity index (χ4v) is 0. The summed E-state index contributed by atoms with van der Waals surface area (Å²) in [6, 6.07) is 0. The van der Waals surface area contributed by atoms with E-state index >= 15 is 0 Å². The van der Waals surface area contributed by atoms with Crippen LogP contribution in [0.15, 0.2) is 0 Å². The topological polar surface area (TPSA) is 60.4 Å². The van der Waals surface area contributed by atoms with Gasteiger partial charge in [-0.05, 0) is 0 Å². The Morgan fingerprint density at radius 3 is 1.67 bits per heavy atom. The van der Waals surface area contributed by atoms with Crippen LogP contribution in [0, 0.1) is 0 Å². The van der Waals surface area contributed by atoms with Gasteiger partial charge < -0.3 is 27.4 Å². The van der Waals surface area contributed by atoms with Crippen molar-refractivity contribution in [3.8, 4) is 0 Å². The van der Waals surface area contributed by atoms with Crippen molar-refractivity contribution < 1.29 is 46.9 Å². The normalized spacial score (nSPS) is 4.00. The molecule has 0 fully saturated rings. The van der Waals surface area contributed by atoms with Crippen LogP contribution in [0.2, 0.25) is 0 Å². The van der Waals surface area contributed by atoms with Crippen LogP contribution < -0.4 is 17.5 Å². The molecule has 0 rings (SSSR count). The summed E-state index contributed by atoms with van der Waals surface area (Å²) in [5, 5.41) is 15.3. The Hall–Kier alpha value is 0.183. The zero-order valence-electron chi connectivity index (χ0n) is 2.85. The molecule has 0 unspecified atom stereocenters. The Balaban J connectivity index is -0.0000000450. The standard InChI is InChI=1S/CH2O3.ClH.Zn/c2-1(3)4;;/h(H2,2,3,4);1H;/q;;+2/p-2. The van der Waals surface area contributed by atoms with Gasteiger partial charge in [0.2, 0.25) is 6.16 Å². The third-order valence-corrected chi connectivity index (χ3v) is 0. The van der Waals surface area contributed by atoms with Crippen LogP contribution in [-0.4, -0.2) is 11.3 Å². The summed E-state index contributed by atoms with van der Waals surface area (Å²) in [6.07, 6.45) is -2.08. The first-order chi connectivity index (χ1) is 1.73. The van der Waals surface area contributed by atoms with Crippen LogP contribution in [0.3, 0.4) is 0 Å². The molecule has 1 N–H and O–H groups in total. The van der Waals surface area contributed by atoms with E-state index < -0.39 is 6.16 Å². The molecule has 0 aliphatic rings. The maximum atomic E-state index is 8.44. The maximum Gasteiger partial charge on any atom is 2.00 e. The van der Waals surface area contributed by atoms with Gasteiger partial charge in [-0.1, -0.05) is 0 Å². The molecule has 0 amide bonds. The van der Waals surface area contributed by atoms with Gasteiger partial charge in [-0.15, -0.1) is 0 Å². The Morgan fingerprint density at radius 1 is 1.67 bits per heavy atom. The van der Waals surface area contributed by atoms with E-state index in [0.29, 0.717) is 0 Å². The number of hydrogen-bond acceptors (Lipinski definition) is 2. The predicted octanol–water partition coefficient (Wildman–Crippen LogP) is -4.11. The molecule has 0 aliphatic carbocycles. The molecule has 0 atom stereocenters. The minimum Gasteiger partial charge on any atom is -1.00 e. The van der Waals surface area contributed by atoms with Crippen molar-refractivity contribution >= 4 is 6.16 Å². The molecule has 3 nitrogen and oxygen atoms in total. The number of halogens is 1. The van der Waals surface area contributed by atoms with E-state index in [9.17, 15) is 0 Å². The second kappa shape index (κ2) is 8.95. The van der Waals surface area contributed by atoms with Gasteiger partial charge in [0.25, 0.3) is 0 Å². The minimum atomic E-state index is -2.08. The summed E-state index contributed by atoms with van der Waals surface area (Å²) in [5.41, 5.74) is 0. The number of rotatable bonds is 0. The number of hydrogen-bond donors (Lipinski definition) is 1. The second-order valence-electron chi connectivity index (χ2n) is 0.266. The summed E-state index contributed by atoms with van der Waals surface area (Å²) < 4.78 is 0. The smallest absolute Gasteiger partial charge is 1.00 e. The number of carbonyl (C=O) groups is 1. The molecule has 0 bridgehead atoms. The molecule has 0 aromatic carbocycles. The molecule has 5 heteroatoms. The molecule has 6 heavy (non-hydrogen) atoms. The van der Waals surface area contributed by atoms with E-state index in [1.807, 2.05) is 0 Å². The van der Waals surface area contributed by atoms with Crippen molar-refractivity contribution in [2.24, 2.45) is 0 Å². The van der Waals surface area contributed by atoms with E-state index in [1.54, 1.807) is 0 Å². The second-order valence-corrected chi connectivity index (χ2v) is 0.266. The van der Waals surface area contributed by atoms with Crippen molar-refractivity contribution in [3.05, 3.63) is 0 Å². The van der Waals surface area contributed by atoms with Gasteiger partial charge in [0.15, 0.2) is 0 Å². The van der Waals surface area contributed by atoms with E-state index in [0.717, 1.165) is 0 Å². The van der Waals surface area contributed by atoms with Crippen LogP contribution in [0.5, 0.6) is 0 Å². The zero-order valence-corrected chi connectivity index (χ0v) is 6.57. The molecule has 0 saturated heterocycles. The van der Waals surface area contributed by atoms with Gasteiger partial charge in [-0.3, -0.25) is 0 Å². The number of carboxylic acid groups (broad SMARTS) is 2. The largest absolute Gasteiger partial charge is 2.00 e. The van der Waals surface area contributed by atoms with Crippen molar-refractivity contribution in [1.29, 1.82) is 0 Å². The molecule has 0 aliphatic heterocycles. The quantitative estimate of drug-likeness (QED) is 0.368. The van der Waals surface area contributed by atoms with Crippen LogP contribution in [0.4, 0.5) is 4.79 Å². The Labute approximate surface area is 53.5 Å². The summed E-state index contributed by atoms with van der Waals surface area (Å²) in [5.74, 6) is 0. The fourth-order valence-electron chi connectivity index (χ4n) is 0. The Kier molecular flexibility index (Phi) is 24.5. The van der Waals surface area contributed by atoms with E-state index in [1.165, 1.54) is 0 Å². The van der Waals surface area contributed by atoms with E-state index in [2.05, 4.69) is 0 Å². The third kappa shape index (κ3) is 1260. The first-order valence-electron chi connectivity index (χ1n) is 0.632. The monoisotopic (exact) mass is 160 g/mol. The molecule has 0 heterocycles. The van der Waals surface area contributed by atoms with E-state index in [4.69, 9.17) is 15.0 Å². The molecule has 0 aromatic rings. The van der Waals surface area contributed by atoms with Crippen molar-refractivity contribution in [1.82, 2.24) is 0 Å². The summed E-state index contributed by atoms with van der Waals surface area (Å²) in [6.45, 7) is 0. The maximum absolute atomic E-state index is 8.44. The van der Waals surface area contributed by atoms with Gasteiger partial charge in [-0.25, -0.2) is 0 Å².